The van der Waals surface area contributed by atoms with Crippen molar-refractivity contribution in [3.05, 3.63) is 35.0 Å². The van der Waals surface area contributed by atoms with E-state index in [1.54, 1.807) is 0 Å². The number of carbonyl (C=O) groups is 1. The molecule has 0 spiro atoms. The van der Waals surface area contributed by atoms with E-state index in [1.165, 1.54) is 0 Å². The average Bonchev–Trinajstić information content (AvgIpc) is 2.96. The second-order valence-electron chi connectivity index (χ2n) is 5.11. The molecule has 4 nitrogen and oxygen atoms in total. The molecule has 1 atom stereocenters. The lowest BCUT2D eigenvalue weighted by atomic mass is 10.2. The summed E-state index contributed by atoms with van der Waals surface area (Å²) < 4.78 is 0. The molecule has 5 heteroatoms. The number of amides is 1. The highest BCUT2D eigenvalue weighted by atomic mass is 35.5. The summed E-state index contributed by atoms with van der Waals surface area (Å²) in [6, 6.07) is 7.66. The van der Waals surface area contributed by atoms with Gasteiger partial charge in [0.25, 0.3) is 5.91 Å². The maximum absolute atomic E-state index is 12.2. The minimum Gasteiger partial charge on any atom is -0.350 e. The summed E-state index contributed by atoms with van der Waals surface area (Å²) >= 11 is 6.11. The Hall–Kier alpha value is -1.52. The zero-order valence-electron chi connectivity index (χ0n) is 10.7. The van der Waals surface area contributed by atoms with E-state index in [-0.39, 0.29) is 11.9 Å². The quantitative estimate of drug-likeness (QED) is 0.885. The maximum atomic E-state index is 12.2. The van der Waals surface area contributed by atoms with Gasteiger partial charge in [0, 0.05) is 28.5 Å². The van der Waals surface area contributed by atoms with Crippen LogP contribution >= 0.6 is 11.6 Å². The number of fused-ring (bicyclic) bond motifs is 1. The van der Waals surface area contributed by atoms with Crippen LogP contribution in [-0.4, -0.2) is 42.0 Å². The number of likely N-dealkylation sites (N-methyl/N-ethyl adjacent to an activating group) is 1. The van der Waals surface area contributed by atoms with Crippen LogP contribution in [0.5, 0.6) is 0 Å². The highest BCUT2D eigenvalue weighted by Crippen LogP contribution is 2.24. The van der Waals surface area contributed by atoms with Crippen LogP contribution in [0.2, 0.25) is 5.02 Å². The third kappa shape index (κ3) is 2.46. The van der Waals surface area contributed by atoms with Crippen molar-refractivity contribution in [3.63, 3.8) is 0 Å². The van der Waals surface area contributed by atoms with E-state index in [4.69, 9.17) is 11.6 Å². The molecule has 0 radical (unpaired) electrons. The molecule has 0 unspecified atom stereocenters. The molecular weight excluding hydrogens is 262 g/mol. The molecule has 0 aliphatic carbocycles. The fourth-order valence-electron chi connectivity index (χ4n) is 2.56. The van der Waals surface area contributed by atoms with Crippen LogP contribution in [-0.2, 0) is 0 Å². The van der Waals surface area contributed by atoms with Gasteiger partial charge in [-0.25, -0.2) is 0 Å². The fourth-order valence-corrected chi connectivity index (χ4v) is 2.79. The van der Waals surface area contributed by atoms with Crippen molar-refractivity contribution in [2.75, 3.05) is 20.1 Å². The normalized spacial score (nSPS) is 20.0. The second-order valence-corrected chi connectivity index (χ2v) is 5.51. The molecule has 100 valence electrons. The van der Waals surface area contributed by atoms with Crippen molar-refractivity contribution in [3.8, 4) is 0 Å². The van der Waals surface area contributed by atoms with E-state index >= 15 is 0 Å². The summed E-state index contributed by atoms with van der Waals surface area (Å²) in [6.45, 7) is 1.94. The molecule has 0 bridgehead atoms. The van der Waals surface area contributed by atoms with Crippen molar-refractivity contribution in [2.45, 2.75) is 12.5 Å². The first-order valence-corrected chi connectivity index (χ1v) is 6.78. The van der Waals surface area contributed by atoms with Gasteiger partial charge in [0.1, 0.15) is 5.69 Å². The second kappa shape index (κ2) is 4.87. The van der Waals surface area contributed by atoms with E-state index < -0.39 is 0 Å². The number of nitrogens with zero attached hydrogens (tertiary/aromatic N) is 1. The summed E-state index contributed by atoms with van der Waals surface area (Å²) in [7, 11) is 2.06. The maximum Gasteiger partial charge on any atom is 0.267 e. The third-order valence-electron chi connectivity index (χ3n) is 3.58. The highest BCUT2D eigenvalue weighted by Gasteiger charge is 2.22. The number of benzene rings is 1. The zero-order valence-corrected chi connectivity index (χ0v) is 11.5. The van der Waals surface area contributed by atoms with E-state index in [1.807, 2.05) is 24.3 Å². The number of carbonyl (C=O) groups excluding carboxylic acids is 1. The van der Waals surface area contributed by atoms with Crippen LogP contribution in [0.4, 0.5) is 0 Å². The Morgan fingerprint density at radius 2 is 2.37 bits per heavy atom. The molecule has 3 rings (SSSR count). The summed E-state index contributed by atoms with van der Waals surface area (Å²) in [5.41, 5.74) is 1.46. The van der Waals surface area contributed by atoms with Gasteiger partial charge in [-0.05, 0) is 38.2 Å². The molecule has 1 aliphatic heterocycles. The Morgan fingerprint density at radius 1 is 1.53 bits per heavy atom. The lowest BCUT2D eigenvalue weighted by molar-refractivity contribution is 0.0934. The largest absolute Gasteiger partial charge is 0.350 e. The molecule has 1 aromatic carbocycles. The summed E-state index contributed by atoms with van der Waals surface area (Å²) in [6.07, 6.45) is 1.00. The van der Waals surface area contributed by atoms with Crippen LogP contribution in [0.15, 0.2) is 24.3 Å². The Bertz CT molecular complexity index is 622. The number of H-pyrrole nitrogens is 1. The van der Waals surface area contributed by atoms with Gasteiger partial charge in [-0.2, -0.15) is 0 Å². The topological polar surface area (TPSA) is 48.1 Å². The number of aromatic nitrogens is 1. The minimum atomic E-state index is -0.0624. The fraction of sp³-hybridized carbons (Fsp3) is 0.357. The van der Waals surface area contributed by atoms with Gasteiger partial charge in [0.05, 0.1) is 0 Å². The number of likely N-dealkylation sites (tertiary alicyclic amines) is 1. The molecule has 19 heavy (non-hydrogen) atoms. The Balaban J connectivity index is 1.80. The first kappa shape index (κ1) is 12.5. The molecule has 0 saturated carbocycles. The summed E-state index contributed by atoms with van der Waals surface area (Å²) in [4.78, 5) is 17.5. The van der Waals surface area contributed by atoms with Crippen LogP contribution in [0.1, 0.15) is 16.9 Å². The lowest BCUT2D eigenvalue weighted by Gasteiger charge is -2.11. The van der Waals surface area contributed by atoms with Gasteiger partial charge < -0.3 is 15.2 Å². The minimum absolute atomic E-state index is 0.0624. The molecule has 2 heterocycles. The lowest BCUT2D eigenvalue weighted by Crippen LogP contribution is -2.36. The SMILES string of the molecule is CN1CC[C@@H](NC(=O)c2cc3c(Cl)cccc3[nH]2)C1. The summed E-state index contributed by atoms with van der Waals surface area (Å²) in [5.74, 6) is -0.0624. The third-order valence-corrected chi connectivity index (χ3v) is 3.91. The molecule has 1 saturated heterocycles. The van der Waals surface area contributed by atoms with Gasteiger partial charge >= 0.3 is 0 Å². The molecule has 1 aromatic heterocycles. The summed E-state index contributed by atoms with van der Waals surface area (Å²) in [5, 5.41) is 4.60. The first-order chi connectivity index (χ1) is 9.13. The van der Waals surface area contributed by atoms with Gasteiger partial charge in [0.15, 0.2) is 0 Å². The Labute approximate surface area is 116 Å². The van der Waals surface area contributed by atoms with Crippen LogP contribution < -0.4 is 5.32 Å². The number of rotatable bonds is 2. The molecular formula is C14H16ClN3O. The van der Waals surface area contributed by atoms with Crippen molar-refractivity contribution in [1.29, 1.82) is 0 Å². The van der Waals surface area contributed by atoms with E-state index in [0.717, 1.165) is 30.4 Å². The molecule has 2 aromatic rings. The van der Waals surface area contributed by atoms with Crippen LogP contribution in [0.3, 0.4) is 0 Å². The van der Waals surface area contributed by atoms with Gasteiger partial charge in [-0.15, -0.1) is 0 Å². The van der Waals surface area contributed by atoms with Gasteiger partial charge in [-0.1, -0.05) is 17.7 Å². The number of hydrogen-bond donors (Lipinski definition) is 2. The van der Waals surface area contributed by atoms with Crippen molar-refractivity contribution in [2.24, 2.45) is 0 Å². The number of hydrogen-bond acceptors (Lipinski definition) is 2. The van der Waals surface area contributed by atoms with Crippen molar-refractivity contribution in [1.82, 2.24) is 15.2 Å². The van der Waals surface area contributed by atoms with Gasteiger partial charge in [-0.3, -0.25) is 4.79 Å². The Kier molecular flexibility index (Phi) is 3.21. The monoisotopic (exact) mass is 277 g/mol. The number of aromatic amines is 1. The van der Waals surface area contributed by atoms with E-state index in [2.05, 4.69) is 22.2 Å². The Morgan fingerprint density at radius 3 is 3.05 bits per heavy atom. The van der Waals surface area contributed by atoms with Crippen LogP contribution in [0, 0.1) is 0 Å². The van der Waals surface area contributed by atoms with E-state index in [0.29, 0.717) is 10.7 Å². The van der Waals surface area contributed by atoms with E-state index in [9.17, 15) is 4.79 Å². The highest BCUT2D eigenvalue weighted by molar-refractivity contribution is 6.35. The molecule has 1 fully saturated rings. The predicted molar refractivity (Wildman–Crippen MR) is 76.7 cm³/mol. The smallest absolute Gasteiger partial charge is 0.267 e. The van der Waals surface area contributed by atoms with Gasteiger partial charge in [0.2, 0.25) is 0 Å². The predicted octanol–water partition coefficient (Wildman–Crippen LogP) is 2.26. The first-order valence-electron chi connectivity index (χ1n) is 6.40. The number of halogens is 1. The van der Waals surface area contributed by atoms with Crippen molar-refractivity contribution < 1.29 is 4.79 Å². The molecule has 1 aliphatic rings. The van der Waals surface area contributed by atoms with Crippen molar-refractivity contribution >= 4 is 28.4 Å². The molecule has 1 amide bonds. The molecule has 2 N–H and O–H groups in total. The van der Waals surface area contributed by atoms with Crippen LogP contribution in [0.25, 0.3) is 10.9 Å². The standard InChI is InChI=1S/C14H16ClN3O/c1-18-6-5-9(8-18)16-14(19)13-7-10-11(15)3-2-4-12(10)17-13/h2-4,7,9,17H,5-6,8H2,1H3,(H,16,19)/t9-/m1/s1. The zero-order chi connectivity index (χ0) is 13.4. The average molecular weight is 278 g/mol. The number of nitrogens with one attached hydrogen (secondary N) is 2.